The van der Waals surface area contributed by atoms with Crippen LogP contribution in [-0.4, -0.2) is 20.4 Å². The largest absolute Gasteiger partial charge is 0.234 e. The number of hydrogen-bond donors (Lipinski definition) is 1. The van der Waals surface area contributed by atoms with Crippen molar-refractivity contribution in [2.75, 3.05) is 0 Å². The molecule has 1 N–H and O–H groups in total. The summed E-state index contributed by atoms with van der Waals surface area (Å²) in [5.74, 6) is 0. The van der Waals surface area contributed by atoms with Crippen LogP contribution in [0.4, 0.5) is 0 Å². The molecule has 0 atom stereocenters. The van der Waals surface area contributed by atoms with Gasteiger partial charge in [0, 0.05) is 0 Å². The van der Waals surface area contributed by atoms with E-state index in [9.17, 15) is 0 Å². The lowest BCUT2D eigenvalue weighted by molar-refractivity contribution is 0.942. The molecule has 0 unspecified atom stereocenters. The van der Waals surface area contributed by atoms with Gasteiger partial charge in [-0.05, 0) is 12.1 Å². The second-order valence-corrected chi connectivity index (χ2v) is 3.87. The molecule has 2 heterocycles. The van der Waals surface area contributed by atoms with Gasteiger partial charge in [0.2, 0.25) is 0 Å². The van der Waals surface area contributed by atoms with Crippen LogP contribution < -0.4 is 0 Å². The zero-order chi connectivity index (χ0) is 9.38. The van der Waals surface area contributed by atoms with E-state index >= 15 is 0 Å². The number of fused-ring (bicyclic) bond motifs is 1. The summed E-state index contributed by atoms with van der Waals surface area (Å²) in [6.45, 7) is 0. The van der Waals surface area contributed by atoms with E-state index < -0.39 is 0 Å². The minimum Gasteiger partial charge on any atom is -0.234 e. The molecule has 0 aliphatic heterocycles. The third kappa shape index (κ3) is 1.10. The third-order valence-electron chi connectivity index (χ3n) is 1.93. The average molecular weight is 202 g/mol. The van der Waals surface area contributed by atoms with E-state index in [1.807, 2.05) is 18.2 Å². The van der Waals surface area contributed by atoms with E-state index in [0.29, 0.717) is 0 Å². The summed E-state index contributed by atoms with van der Waals surface area (Å²) in [6.07, 6.45) is 1.68. The summed E-state index contributed by atoms with van der Waals surface area (Å²) in [7, 11) is 0. The molecule has 0 radical (unpaired) electrons. The highest BCUT2D eigenvalue weighted by molar-refractivity contribution is 7.21. The Morgan fingerprint density at radius 3 is 2.93 bits per heavy atom. The van der Waals surface area contributed by atoms with Crippen molar-refractivity contribution >= 4 is 21.6 Å². The van der Waals surface area contributed by atoms with Crippen molar-refractivity contribution in [1.29, 1.82) is 0 Å². The molecule has 3 rings (SSSR count). The lowest BCUT2D eigenvalue weighted by Crippen LogP contribution is -1.74. The Labute approximate surface area is 83.6 Å². The SMILES string of the molecule is c1ccc2sc(-c3cn[nH]n3)nc2c1. The number of rotatable bonds is 1. The van der Waals surface area contributed by atoms with Gasteiger partial charge in [-0.15, -0.1) is 11.3 Å². The Kier molecular flexibility index (Phi) is 1.57. The molecule has 1 aromatic carbocycles. The first kappa shape index (κ1) is 7.64. The van der Waals surface area contributed by atoms with Crippen LogP contribution in [0, 0.1) is 0 Å². The minimum atomic E-state index is 0.797. The van der Waals surface area contributed by atoms with Crippen molar-refractivity contribution in [2.45, 2.75) is 0 Å². The molecule has 2 aromatic heterocycles. The lowest BCUT2D eigenvalue weighted by atomic mass is 10.3. The van der Waals surface area contributed by atoms with Crippen molar-refractivity contribution in [3.05, 3.63) is 30.5 Å². The number of nitrogens with one attached hydrogen (secondary N) is 1. The summed E-state index contributed by atoms with van der Waals surface area (Å²) in [6, 6.07) is 8.04. The molecule has 0 fully saturated rings. The molecule has 0 amide bonds. The quantitative estimate of drug-likeness (QED) is 0.657. The maximum atomic E-state index is 4.45. The number of hydrogen-bond acceptors (Lipinski definition) is 4. The second-order valence-electron chi connectivity index (χ2n) is 2.84. The van der Waals surface area contributed by atoms with E-state index in [2.05, 4.69) is 26.5 Å². The number of para-hydroxylation sites is 1. The fourth-order valence-corrected chi connectivity index (χ4v) is 2.21. The fourth-order valence-electron chi connectivity index (χ4n) is 1.29. The van der Waals surface area contributed by atoms with E-state index in [0.717, 1.165) is 16.2 Å². The molecule has 0 aliphatic carbocycles. The maximum Gasteiger partial charge on any atom is 0.146 e. The van der Waals surface area contributed by atoms with Crippen LogP contribution in [0.3, 0.4) is 0 Å². The molecule has 4 nitrogen and oxygen atoms in total. The summed E-state index contributed by atoms with van der Waals surface area (Å²) < 4.78 is 1.17. The van der Waals surface area contributed by atoms with Crippen molar-refractivity contribution in [3.8, 4) is 10.7 Å². The highest BCUT2D eigenvalue weighted by Gasteiger charge is 2.06. The van der Waals surface area contributed by atoms with Crippen molar-refractivity contribution in [3.63, 3.8) is 0 Å². The van der Waals surface area contributed by atoms with Crippen molar-refractivity contribution in [1.82, 2.24) is 20.4 Å². The normalized spacial score (nSPS) is 10.9. The average Bonchev–Trinajstić information content (AvgIpc) is 2.86. The highest BCUT2D eigenvalue weighted by Crippen LogP contribution is 2.27. The van der Waals surface area contributed by atoms with Gasteiger partial charge in [-0.3, -0.25) is 0 Å². The van der Waals surface area contributed by atoms with Gasteiger partial charge in [0.05, 0.1) is 16.4 Å². The van der Waals surface area contributed by atoms with Gasteiger partial charge in [-0.25, -0.2) is 4.98 Å². The first-order chi connectivity index (χ1) is 6.93. The molecular weight excluding hydrogens is 196 g/mol. The zero-order valence-electron chi connectivity index (χ0n) is 7.14. The number of H-pyrrole nitrogens is 1. The Morgan fingerprint density at radius 2 is 2.14 bits per heavy atom. The van der Waals surface area contributed by atoms with E-state index in [1.165, 1.54) is 4.70 Å². The predicted octanol–water partition coefficient (Wildman–Crippen LogP) is 2.08. The minimum absolute atomic E-state index is 0.797. The maximum absolute atomic E-state index is 4.45. The number of thiazole rings is 1. The first-order valence-corrected chi connectivity index (χ1v) is 4.97. The first-order valence-electron chi connectivity index (χ1n) is 4.15. The number of benzene rings is 1. The Bertz CT molecular complexity index is 522. The predicted molar refractivity (Wildman–Crippen MR) is 55.0 cm³/mol. The van der Waals surface area contributed by atoms with Gasteiger partial charge < -0.3 is 0 Å². The zero-order valence-corrected chi connectivity index (χ0v) is 7.95. The van der Waals surface area contributed by atoms with Crippen molar-refractivity contribution in [2.24, 2.45) is 0 Å². The summed E-state index contributed by atoms with van der Waals surface area (Å²) in [5.41, 5.74) is 1.81. The highest BCUT2D eigenvalue weighted by atomic mass is 32.1. The van der Waals surface area contributed by atoms with Crippen LogP contribution in [0.25, 0.3) is 20.9 Å². The van der Waals surface area contributed by atoms with Gasteiger partial charge in [-0.2, -0.15) is 15.4 Å². The Balaban J connectivity index is 2.24. The Morgan fingerprint density at radius 1 is 1.21 bits per heavy atom. The topological polar surface area (TPSA) is 54.5 Å². The van der Waals surface area contributed by atoms with Crippen LogP contribution >= 0.6 is 11.3 Å². The number of aromatic amines is 1. The van der Waals surface area contributed by atoms with Gasteiger partial charge in [-0.1, -0.05) is 12.1 Å². The molecule has 5 heteroatoms. The van der Waals surface area contributed by atoms with Crippen molar-refractivity contribution < 1.29 is 0 Å². The van der Waals surface area contributed by atoms with Gasteiger partial charge >= 0.3 is 0 Å². The second kappa shape index (κ2) is 2.88. The molecular formula is C9H6N4S. The van der Waals surface area contributed by atoms with Crippen LogP contribution in [-0.2, 0) is 0 Å². The molecule has 3 aromatic rings. The number of nitrogens with zero attached hydrogens (tertiary/aromatic N) is 3. The van der Waals surface area contributed by atoms with E-state index in [1.54, 1.807) is 17.5 Å². The number of aromatic nitrogens is 4. The van der Waals surface area contributed by atoms with Gasteiger partial charge in [0.25, 0.3) is 0 Å². The molecule has 0 saturated carbocycles. The fraction of sp³-hybridized carbons (Fsp3) is 0. The van der Waals surface area contributed by atoms with E-state index in [4.69, 9.17) is 0 Å². The molecule has 0 spiro atoms. The van der Waals surface area contributed by atoms with Crippen LogP contribution in [0.1, 0.15) is 0 Å². The summed E-state index contributed by atoms with van der Waals surface area (Å²) in [5, 5.41) is 11.2. The van der Waals surface area contributed by atoms with Gasteiger partial charge in [0.15, 0.2) is 0 Å². The van der Waals surface area contributed by atoms with Gasteiger partial charge in [0.1, 0.15) is 10.7 Å². The molecule has 68 valence electrons. The summed E-state index contributed by atoms with van der Waals surface area (Å²) in [4.78, 5) is 4.45. The smallest absolute Gasteiger partial charge is 0.146 e. The van der Waals surface area contributed by atoms with Crippen LogP contribution in [0.5, 0.6) is 0 Å². The van der Waals surface area contributed by atoms with Crippen LogP contribution in [0.2, 0.25) is 0 Å². The lowest BCUT2D eigenvalue weighted by Gasteiger charge is -1.81. The van der Waals surface area contributed by atoms with E-state index in [-0.39, 0.29) is 0 Å². The molecule has 0 aliphatic rings. The Hall–Kier alpha value is -1.75. The monoisotopic (exact) mass is 202 g/mol. The summed E-state index contributed by atoms with van der Waals surface area (Å²) >= 11 is 1.62. The van der Waals surface area contributed by atoms with Crippen LogP contribution in [0.15, 0.2) is 30.5 Å². The molecule has 0 bridgehead atoms. The molecule has 0 saturated heterocycles. The third-order valence-corrected chi connectivity index (χ3v) is 2.99. The molecule has 14 heavy (non-hydrogen) atoms. The standard InChI is InChI=1S/C9H6N4S/c1-2-4-8-6(3-1)11-9(14-8)7-5-10-13-12-7/h1-5H,(H,10,12,13).